The van der Waals surface area contributed by atoms with E-state index in [1.165, 1.54) is 12.8 Å². The van der Waals surface area contributed by atoms with Crippen molar-refractivity contribution < 1.29 is 4.79 Å². The number of H-pyrrole nitrogens is 1. The van der Waals surface area contributed by atoms with Gasteiger partial charge in [0.05, 0.1) is 11.3 Å². The fourth-order valence-corrected chi connectivity index (χ4v) is 3.28. The molecule has 1 unspecified atom stereocenters. The van der Waals surface area contributed by atoms with E-state index in [1.807, 2.05) is 24.0 Å². The van der Waals surface area contributed by atoms with E-state index in [2.05, 4.69) is 26.6 Å². The molecule has 1 saturated carbocycles. The van der Waals surface area contributed by atoms with Gasteiger partial charge < -0.3 is 10.2 Å². The van der Waals surface area contributed by atoms with Gasteiger partial charge in [0.25, 0.3) is 5.91 Å². The zero-order valence-corrected chi connectivity index (χ0v) is 14.0. The van der Waals surface area contributed by atoms with Gasteiger partial charge in [-0.25, -0.2) is 4.98 Å². The summed E-state index contributed by atoms with van der Waals surface area (Å²) in [6.45, 7) is 3.54. The van der Waals surface area contributed by atoms with Crippen molar-refractivity contribution in [3.05, 3.63) is 41.3 Å². The molecular weight excluding hydrogens is 302 g/mol. The van der Waals surface area contributed by atoms with Gasteiger partial charge in [-0.05, 0) is 50.8 Å². The van der Waals surface area contributed by atoms with Gasteiger partial charge in [0.1, 0.15) is 5.82 Å². The summed E-state index contributed by atoms with van der Waals surface area (Å²) in [7, 11) is 0. The molecule has 0 aromatic carbocycles. The second kappa shape index (κ2) is 6.26. The Balaban J connectivity index is 1.43. The minimum Gasteiger partial charge on any atom is -0.367 e. The molecule has 4 rings (SSSR count). The number of amides is 1. The van der Waals surface area contributed by atoms with Crippen LogP contribution in [0.2, 0.25) is 0 Å². The predicted molar refractivity (Wildman–Crippen MR) is 92.1 cm³/mol. The number of anilines is 1. The third-order valence-electron chi connectivity index (χ3n) is 4.79. The number of nitrogens with one attached hydrogen (secondary N) is 2. The highest BCUT2D eigenvalue weighted by Crippen LogP contribution is 2.27. The average Bonchev–Trinajstić information content (AvgIpc) is 3.32. The summed E-state index contributed by atoms with van der Waals surface area (Å²) < 4.78 is 0. The van der Waals surface area contributed by atoms with Crippen molar-refractivity contribution in [2.75, 3.05) is 18.4 Å². The van der Waals surface area contributed by atoms with E-state index in [0.717, 1.165) is 43.1 Å². The summed E-state index contributed by atoms with van der Waals surface area (Å²) in [5, 5.41) is 10.7. The second-order valence-corrected chi connectivity index (χ2v) is 6.92. The van der Waals surface area contributed by atoms with Crippen molar-refractivity contribution in [1.29, 1.82) is 0 Å². The van der Waals surface area contributed by atoms with Crippen LogP contribution in [0.5, 0.6) is 0 Å². The number of aromatic amines is 1. The first-order chi connectivity index (χ1) is 11.7. The number of hydrogen-bond donors (Lipinski definition) is 2. The van der Waals surface area contributed by atoms with Crippen LogP contribution in [0.15, 0.2) is 24.4 Å². The van der Waals surface area contributed by atoms with Crippen LogP contribution in [0.4, 0.5) is 5.82 Å². The van der Waals surface area contributed by atoms with Crippen molar-refractivity contribution in [1.82, 2.24) is 20.1 Å². The lowest BCUT2D eigenvalue weighted by Crippen LogP contribution is -2.39. The Morgan fingerprint density at radius 1 is 1.33 bits per heavy atom. The highest BCUT2D eigenvalue weighted by Gasteiger charge is 2.27. The summed E-state index contributed by atoms with van der Waals surface area (Å²) in [6, 6.07) is 6.43. The molecule has 2 N–H and O–H groups in total. The van der Waals surface area contributed by atoms with E-state index >= 15 is 0 Å². The molecule has 2 aromatic rings. The molecule has 0 radical (unpaired) electrons. The van der Waals surface area contributed by atoms with E-state index in [1.54, 1.807) is 6.20 Å². The molecule has 0 bridgehead atoms. The maximum atomic E-state index is 12.8. The number of carbonyl (C=O) groups excluding carboxylic acids is 1. The molecule has 1 saturated heterocycles. The molecule has 2 aromatic heterocycles. The number of aryl methyl sites for hydroxylation is 1. The Morgan fingerprint density at radius 3 is 2.88 bits per heavy atom. The van der Waals surface area contributed by atoms with Gasteiger partial charge >= 0.3 is 0 Å². The number of aromatic nitrogens is 3. The van der Waals surface area contributed by atoms with E-state index in [0.29, 0.717) is 17.5 Å². The summed E-state index contributed by atoms with van der Waals surface area (Å²) in [6.07, 6.45) is 6.21. The molecular formula is C18H23N5O. The third kappa shape index (κ3) is 3.27. The minimum absolute atomic E-state index is 0.0671. The highest BCUT2D eigenvalue weighted by molar-refractivity contribution is 5.94. The number of nitrogens with zero attached hydrogens (tertiary/aromatic N) is 3. The van der Waals surface area contributed by atoms with Gasteiger partial charge in [0.15, 0.2) is 0 Å². The van der Waals surface area contributed by atoms with E-state index in [-0.39, 0.29) is 5.91 Å². The summed E-state index contributed by atoms with van der Waals surface area (Å²) in [5.74, 6) is 1.24. The maximum absolute atomic E-state index is 12.8. The van der Waals surface area contributed by atoms with Crippen LogP contribution in [-0.2, 0) is 0 Å². The quantitative estimate of drug-likeness (QED) is 0.906. The fourth-order valence-electron chi connectivity index (χ4n) is 3.28. The van der Waals surface area contributed by atoms with Crippen molar-refractivity contribution in [2.24, 2.45) is 0 Å². The Hall–Kier alpha value is -2.37. The third-order valence-corrected chi connectivity index (χ3v) is 4.79. The van der Waals surface area contributed by atoms with Crippen LogP contribution >= 0.6 is 0 Å². The van der Waals surface area contributed by atoms with Crippen LogP contribution in [0, 0.1) is 6.92 Å². The number of carbonyl (C=O) groups is 1. The van der Waals surface area contributed by atoms with Crippen LogP contribution in [0.3, 0.4) is 0 Å². The number of piperidine rings is 1. The zero-order valence-electron chi connectivity index (χ0n) is 14.0. The monoisotopic (exact) mass is 325 g/mol. The lowest BCUT2D eigenvalue weighted by Gasteiger charge is -2.32. The minimum atomic E-state index is 0.0671. The molecule has 6 nitrogen and oxygen atoms in total. The van der Waals surface area contributed by atoms with Crippen molar-refractivity contribution >= 4 is 11.7 Å². The predicted octanol–water partition coefficient (Wildman–Crippen LogP) is 2.71. The smallest absolute Gasteiger partial charge is 0.255 e. The Morgan fingerprint density at radius 2 is 2.21 bits per heavy atom. The average molecular weight is 325 g/mol. The Bertz CT molecular complexity index is 719. The number of rotatable bonds is 4. The lowest BCUT2D eigenvalue weighted by molar-refractivity contribution is 0.0705. The first-order valence-electron chi connectivity index (χ1n) is 8.73. The highest BCUT2D eigenvalue weighted by atomic mass is 16.2. The normalized spacial score (nSPS) is 20.9. The molecule has 126 valence electrons. The topological polar surface area (TPSA) is 73.9 Å². The van der Waals surface area contributed by atoms with E-state index in [9.17, 15) is 4.79 Å². The van der Waals surface area contributed by atoms with Crippen LogP contribution < -0.4 is 5.32 Å². The number of likely N-dealkylation sites (tertiary alicyclic amines) is 1. The second-order valence-electron chi connectivity index (χ2n) is 6.92. The number of pyridine rings is 1. The molecule has 3 heterocycles. The first kappa shape index (κ1) is 15.2. The van der Waals surface area contributed by atoms with E-state index in [4.69, 9.17) is 0 Å². The summed E-state index contributed by atoms with van der Waals surface area (Å²) >= 11 is 0. The van der Waals surface area contributed by atoms with Crippen molar-refractivity contribution in [3.63, 3.8) is 0 Å². The summed E-state index contributed by atoms with van der Waals surface area (Å²) in [4.78, 5) is 19.1. The molecule has 24 heavy (non-hydrogen) atoms. The van der Waals surface area contributed by atoms with Crippen LogP contribution in [0.25, 0.3) is 0 Å². The van der Waals surface area contributed by atoms with Crippen molar-refractivity contribution in [3.8, 4) is 0 Å². The Labute approximate surface area is 141 Å². The molecule has 2 aliphatic rings. The van der Waals surface area contributed by atoms with Gasteiger partial charge in [0, 0.05) is 36.9 Å². The van der Waals surface area contributed by atoms with Crippen LogP contribution in [0.1, 0.15) is 53.3 Å². The van der Waals surface area contributed by atoms with Gasteiger partial charge in [-0.3, -0.25) is 9.89 Å². The van der Waals surface area contributed by atoms with Gasteiger partial charge in [-0.2, -0.15) is 5.10 Å². The van der Waals surface area contributed by atoms with Gasteiger partial charge in [0.2, 0.25) is 0 Å². The first-order valence-corrected chi connectivity index (χ1v) is 8.73. The zero-order chi connectivity index (χ0) is 16.5. The molecule has 0 spiro atoms. The molecule has 1 aliphatic carbocycles. The van der Waals surface area contributed by atoms with Gasteiger partial charge in [-0.15, -0.1) is 0 Å². The lowest BCUT2D eigenvalue weighted by atomic mass is 9.94. The molecule has 6 heteroatoms. The van der Waals surface area contributed by atoms with Crippen molar-refractivity contribution in [2.45, 2.75) is 44.6 Å². The molecule has 1 aliphatic heterocycles. The largest absolute Gasteiger partial charge is 0.367 e. The van der Waals surface area contributed by atoms with Crippen LogP contribution in [-0.4, -0.2) is 45.1 Å². The summed E-state index contributed by atoms with van der Waals surface area (Å²) in [5.41, 5.74) is 2.79. The van der Waals surface area contributed by atoms with E-state index < -0.39 is 0 Å². The maximum Gasteiger partial charge on any atom is 0.255 e. The fraction of sp³-hybridized carbons (Fsp3) is 0.500. The van der Waals surface area contributed by atoms with Gasteiger partial charge in [-0.1, -0.05) is 0 Å². The molecule has 2 fully saturated rings. The number of hydrogen-bond acceptors (Lipinski definition) is 4. The Kier molecular flexibility index (Phi) is 3.96. The SMILES string of the molecule is Cc1cc(C2CCCN(C(=O)c3ccc(NC4CC4)nc3)C2)n[nH]1. The molecule has 1 atom stereocenters. The molecule has 1 amide bonds. The standard InChI is InChI=1S/C18H23N5O/c1-12-9-16(22-21-12)14-3-2-8-23(11-14)18(24)13-4-7-17(19-10-13)20-15-5-6-15/h4,7,9-10,14-15H,2-3,5-6,8,11H2,1H3,(H,19,20)(H,21,22).